The summed E-state index contributed by atoms with van der Waals surface area (Å²) in [6, 6.07) is 7.16. The summed E-state index contributed by atoms with van der Waals surface area (Å²) in [5.41, 5.74) is 3.34. The molecule has 0 saturated carbocycles. The second kappa shape index (κ2) is 6.75. The van der Waals surface area contributed by atoms with E-state index in [0.29, 0.717) is 55.0 Å². The first kappa shape index (κ1) is 17.3. The van der Waals surface area contributed by atoms with Crippen LogP contribution in [0.1, 0.15) is 11.3 Å². The summed E-state index contributed by atoms with van der Waals surface area (Å²) in [6.45, 7) is 1.82. The lowest BCUT2D eigenvalue weighted by Crippen LogP contribution is -1.97. The molecule has 0 N–H and O–H groups in total. The number of nitrogens with zero attached hydrogens (tertiary/aromatic N) is 3. The maximum absolute atomic E-state index is 9.33. The lowest BCUT2D eigenvalue weighted by molar-refractivity contribution is 0.395. The Morgan fingerprint density at radius 1 is 1.04 bits per heavy atom. The molecule has 0 atom stereocenters. The number of hydrogen-bond donors (Lipinski definition) is 0. The number of benzene rings is 2. The van der Waals surface area contributed by atoms with Gasteiger partial charge in [0.15, 0.2) is 0 Å². The Labute approximate surface area is 154 Å². The third kappa shape index (κ3) is 2.84. The maximum Gasteiger partial charge on any atom is 0.141 e. The minimum absolute atomic E-state index is 0.336. The Morgan fingerprint density at radius 3 is 2.24 bits per heavy atom. The van der Waals surface area contributed by atoms with E-state index in [1.165, 1.54) is 14.2 Å². The number of ether oxygens (including phenoxy) is 2. The molecule has 5 nitrogen and oxygen atoms in total. The Morgan fingerprint density at radius 2 is 1.68 bits per heavy atom. The van der Waals surface area contributed by atoms with Gasteiger partial charge in [-0.15, -0.1) is 0 Å². The molecular weight excluding hydrogens is 361 g/mol. The lowest BCUT2D eigenvalue weighted by atomic mass is 10.00. The standard InChI is InChI=1S/C18H13Cl2N3O2/c1-9-8-22-17-10(7-21)4-5-11(18(17)23-9)14-15(19)12(24-2)6-13(25-3)16(14)20/h4-6,8H,1-3H3. The fourth-order valence-electron chi connectivity index (χ4n) is 2.60. The first-order valence-electron chi connectivity index (χ1n) is 7.28. The molecule has 126 valence electrons. The van der Waals surface area contributed by atoms with Gasteiger partial charge < -0.3 is 9.47 Å². The predicted octanol–water partition coefficient (Wildman–Crippen LogP) is 4.80. The van der Waals surface area contributed by atoms with E-state index in [0.717, 1.165) is 0 Å². The van der Waals surface area contributed by atoms with Crippen molar-refractivity contribution >= 4 is 34.2 Å². The summed E-state index contributed by atoms with van der Waals surface area (Å²) in [4.78, 5) is 8.89. The van der Waals surface area contributed by atoms with Crippen LogP contribution in [0.3, 0.4) is 0 Å². The highest BCUT2D eigenvalue weighted by atomic mass is 35.5. The number of halogens is 2. The summed E-state index contributed by atoms with van der Waals surface area (Å²) in [6.07, 6.45) is 1.61. The Balaban J connectivity index is 2.46. The Kier molecular flexibility index (Phi) is 4.67. The summed E-state index contributed by atoms with van der Waals surface area (Å²) in [5, 5.41) is 10.0. The molecule has 0 saturated heterocycles. The zero-order valence-electron chi connectivity index (χ0n) is 13.7. The third-order valence-corrected chi connectivity index (χ3v) is 4.53. The predicted molar refractivity (Wildman–Crippen MR) is 97.6 cm³/mol. The summed E-state index contributed by atoms with van der Waals surface area (Å²) in [5.74, 6) is 0.854. The van der Waals surface area contributed by atoms with Crippen LogP contribution in [-0.4, -0.2) is 24.2 Å². The highest BCUT2D eigenvalue weighted by Gasteiger charge is 2.22. The number of aryl methyl sites for hydroxylation is 1. The van der Waals surface area contributed by atoms with E-state index in [-0.39, 0.29) is 0 Å². The van der Waals surface area contributed by atoms with E-state index in [2.05, 4.69) is 16.0 Å². The van der Waals surface area contributed by atoms with Crippen LogP contribution >= 0.6 is 23.2 Å². The molecule has 1 heterocycles. The van der Waals surface area contributed by atoms with E-state index in [4.69, 9.17) is 32.7 Å². The first-order valence-corrected chi connectivity index (χ1v) is 8.04. The van der Waals surface area contributed by atoms with Crippen molar-refractivity contribution in [1.29, 1.82) is 5.26 Å². The van der Waals surface area contributed by atoms with Crippen LogP contribution in [0.5, 0.6) is 11.5 Å². The van der Waals surface area contributed by atoms with Crippen LogP contribution in [0.15, 0.2) is 24.4 Å². The SMILES string of the molecule is COc1cc(OC)c(Cl)c(-c2ccc(C#N)c3ncc(C)nc23)c1Cl. The fourth-order valence-corrected chi connectivity index (χ4v) is 3.31. The normalized spacial score (nSPS) is 10.6. The van der Waals surface area contributed by atoms with Gasteiger partial charge in [-0.05, 0) is 13.0 Å². The summed E-state index contributed by atoms with van der Waals surface area (Å²) >= 11 is 13.0. The molecule has 1 aromatic heterocycles. The molecule has 0 aliphatic heterocycles. The van der Waals surface area contributed by atoms with Crippen LogP contribution in [0, 0.1) is 18.3 Å². The molecule has 7 heteroatoms. The van der Waals surface area contributed by atoms with Gasteiger partial charge in [0.25, 0.3) is 0 Å². The van der Waals surface area contributed by atoms with Gasteiger partial charge in [-0.1, -0.05) is 29.3 Å². The molecule has 0 aliphatic carbocycles. The number of methoxy groups -OCH3 is 2. The van der Waals surface area contributed by atoms with Crippen molar-refractivity contribution in [3.8, 4) is 28.7 Å². The largest absolute Gasteiger partial charge is 0.495 e. The Bertz CT molecular complexity index is 1000. The molecule has 25 heavy (non-hydrogen) atoms. The average molecular weight is 374 g/mol. The van der Waals surface area contributed by atoms with Crippen LogP contribution in [0.4, 0.5) is 0 Å². The van der Waals surface area contributed by atoms with Crippen LogP contribution in [0.25, 0.3) is 22.2 Å². The van der Waals surface area contributed by atoms with Crippen LogP contribution < -0.4 is 9.47 Å². The molecule has 0 radical (unpaired) electrons. The van der Waals surface area contributed by atoms with Gasteiger partial charge in [0.1, 0.15) is 23.1 Å². The topological polar surface area (TPSA) is 68.0 Å². The summed E-state index contributed by atoms with van der Waals surface area (Å²) < 4.78 is 10.7. The third-order valence-electron chi connectivity index (χ3n) is 3.78. The molecule has 3 rings (SSSR count). The zero-order chi connectivity index (χ0) is 18.1. The lowest BCUT2D eigenvalue weighted by Gasteiger charge is -2.16. The second-order valence-corrected chi connectivity index (χ2v) is 6.02. The van der Waals surface area contributed by atoms with Crippen molar-refractivity contribution in [3.63, 3.8) is 0 Å². The smallest absolute Gasteiger partial charge is 0.141 e. The van der Waals surface area contributed by atoms with Crippen molar-refractivity contribution in [2.45, 2.75) is 6.92 Å². The first-order chi connectivity index (χ1) is 12.0. The van der Waals surface area contributed by atoms with Crippen molar-refractivity contribution in [2.24, 2.45) is 0 Å². The molecule has 0 bridgehead atoms. The Hall–Kier alpha value is -2.55. The molecular formula is C18H13Cl2N3O2. The van der Waals surface area contributed by atoms with Gasteiger partial charge in [0.2, 0.25) is 0 Å². The average Bonchev–Trinajstić information content (AvgIpc) is 2.62. The second-order valence-electron chi connectivity index (χ2n) is 5.27. The van der Waals surface area contributed by atoms with E-state index in [9.17, 15) is 5.26 Å². The molecule has 2 aromatic carbocycles. The maximum atomic E-state index is 9.33. The quantitative estimate of drug-likeness (QED) is 0.659. The molecule has 0 aliphatic rings. The highest BCUT2D eigenvalue weighted by molar-refractivity contribution is 6.41. The number of nitriles is 1. The zero-order valence-corrected chi connectivity index (χ0v) is 15.2. The van der Waals surface area contributed by atoms with Gasteiger partial charge in [-0.25, -0.2) is 4.98 Å². The van der Waals surface area contributed by atoms with Gasteiger partial charge in [-0.3, -0.25) is 4.98 Å². The van der Waals surface area contributed by atoms with Crippen LogP contribution in [-0.2, 0) is 0 Å². The van der Waals surface area contributed by atoms with Crippen molar-refractivity contribution in [3.05, 3.63) is 45.7 Å². The van der Waals surface area contributed by atoms with Crippen molar-refractivity contribution in [2.75, 3.05) is 14.2 Å². The van der Waals surface area contributed by atoms with E-state index in [1.54, 1.807) is 24.4 Å². The minimum Gasteiger partial charge on any atom is -0.495 e. The summed E-state index contributed by atoms with van der Waals surface area (Å²) in [7, 11) is 3.03. The molecule has 0 unspecified atom stereocenters. The molecule has 0 amide bonds. The van der Waals surface area contributed by atoms with Gasteiger partial charge in [0, 0.05) is 23.4 Å². The van der Waals surface area contributed by atoms with Crippen molar-refractivity contribution < 1.29 is 9.47 Å². The number of rotatable bonds is 3. The number of aromatic nitrogens is 2. The highest BCUT2D eigenvalue weighted by Crippen LogP contribution is 2.47. The minimum atomic E-state index is 0.336. The number of hydrogen-bond acceptors (Lipinski definition) is 5. The fraction of sp³-hybridized carbons (Fsp3) is 0.167. The van der Waals surface area contributed by atoms with E-state index in [1.807, 2.05) is 6.92 Å². The van der Waals surface area contributed by atoms with Crippen molar-refractivity contribution in [1.82, 2.24) is 9.97 Å². The monoisotopic (exact) mass is 373 g/mol. The number of fused-ring (bicyclic) bond motifs is 1. The van der Waals surface area contributed by atoms with Gasteiger partial charge >= 0.3 is 0 Å². The molecule has 0 fully saturated rings. The van der Waals surface area contributed by atoms with Crippen LogP contribution in [0.2, 0.25) is 10.0 Å². The molecule has 0 spiro atoms. The van der Waals surface area contributed by atoms with E-state index < -0.39 is 0 Å². The molecule has 3 aromatic rings. The van der Waals surface area contributed by atoms with E-state index >= 15 is 0 Å². The van der Waals surface area contributed by atoms with Gasteiger partial charge in [-0.2, -0.15) is 5.26 Å². The van der Waals surface area contributed by atoms with Gasteiger partial charge in [0.05, 0.1) is 41.0 Å².